The summed E-state index contributed by atoms with van der Waals surface area (Å²) < 4.78 is 0. The third-order valence-corrected chi connectivity index (χ3v) is 6.67. The van der Waals surface area contributed by atoms with Crippen molar-refractivity contribution in [2.75, 3.05) is 31.6 Å². The normalized spacial score (nSPS) is 16.4. The molecule has 0 unspecified atom stereocenters. The van der Waals surface area contributed by atoms with Gasteiger partial charge in [-0.15, -0.1) is 0 Å². The van der Waals surface area contributed by atoms with Gasteiger partial charge in [-0.1, -0.05) is 0 Å². The van der Waals surface area contributed by atoms with E-state index in [-0.39, 0.29) is 30.2 Å². The second kappa shape index (κ2) is 9.57. The molecule has 36 heavy (non-hydrogen) atoms. The molecule has 1 fully saturated rings. The molecule has 186 valence electrons. The minimum atomic E-state index is -0.513. The number of carbonyl (C=O) groups excluding carboxylic acids is 3. The molecular formula is C25H27N7O4. The van der Waals surface area contributed by atoms with Crippen LogP contribution in [0.15, 0.2) is 30.7 Å². The van der Waals surface area contributed by atoms with Gasteiger partial charge < -0.3 is 14.9 Å². The lowest BCUT2D eigenvalue weighted by molar-refractivity contribution is -0.135. The highest BCUT2D eigenvalue weighted by molar-refractivity contribution is 6.04. The second-order valence-corrected chi connectivity index (χ2v) is 9.24. The first-order valence-electron chi connectivity index (χ1n) is 11.9. The Labute approximate surface area is 207 Å². The summed E-state index contributed by atoms with van der Waals surface area (Å²) >= 11 is 0. The first-order valence-corrected chi connectivity index (χ1v) is 11.9. The average molecular weight is 490 g/mol. The number of hydrogen-bond donors (Lipinski definition) is 1. The zero-order valence-electron chi connectivity index (χ0n) is 20.2. The molecule has 3 amide bonds. The van der Waals surface area contributed by atoms with Crippen molar-refractivity contribution in [3.63, 3.8) is 0 Å². The Morgan fingerprint density at radius 1 is 1.08 bits per heavy atom. The van der Waals surface area contributed by atoms with Gasteiger partial charge in [0.1, 0.15) is 23.7 Å². The molecule has 3 aromatic rings. The molecule has 0 aromatic carbocycles. The molecule has 0 spiro atoms. The maximum absolute atomic E-state index is 13.4. The van der Waals surface area contributed by atoms with Crippen LogP contribution in [-0.2, 0) is 22.6 Å². The first kappa shape index (κ1) is 23.7. The summed E-state index contributed by atoms with van der Waals surface area (Å²) in [6, 6.07) is 3.47. The molecule has 5 rings (SSSR count). The summed E-state index contributed by atoms with van der Waals surface area (Å²) in [5.41, 5.74) is 4.27. The predicted octanol–water partition coefficient (Wildman–Crippen LogP) is 1.57. The molecule has 0 radical (unpaired) electrons. The highest BCUT2D eigenvalue weighted by Crippen LogP contribution is 2.37. The molecule has 2 aliphatic rings. The number of aliphatic hydroxyl groups excluding tert-OH is 1. The van der Waals surface area contributed by atoms with Crippen LogP contribution in [-0.4, -0.2) is 85.3 Å². The van der Waals surface area contributed by atoms with Crippen molar-refractivity contribution < 1.29 is 19.5 Å². The van der Waals surface area contributed by atoms with E-state index in [2.05, 4.69) is 15.0 Å². The number of anilines is 1. The fraction of sp³-hybridized carbons (Fsp3) is 0.400. The lowest BCUT2D eigenvalue weighted by atomic mass is 9.99. The topological polar surface area (TPSA) is 133 Å². The summed E-state index contributed by atoms with van der Waals surface area (Å²) in [7, 11) is 1.76. The molecule has 3 aromatic heterocycles. The molecule has 0 aliphatic carbocycles. The van der Waals surface area contributed by atoms with Gasteiger partial charge in [0.2, 0.25) is 5.91 Å². The van der Waals surface area contributed by atoms with Crippen LogP contribution in [0.5, 0.6) is 0 Å². The lowest BCUT2D eigenvalue weighted by Gasteiger charge is -2.43. The van der Waals surface area contributed by atoms with Crippen LogP contribution in [0.2, 0.25) is 0 Å². The number of aliphatic hydroxyl groups is 1. The van der Waals surface area contributed by atoms with E-state index in [4.69, 9.17) is 4.98 Å². The van der Waals surface area contributed by atoms with Crippen LogP contribution in [0.3, 0.4) is 0 Å². The fourth-order valence-corrected chi connectivity index (χ4v) is 4.85. The second-order valence-electron chi connectivity index (χ2n) is 9.24. The highest BCUT2D eigenvalue weighted by Gasteiger charge is 2.37. The van der Waals surface area contributed by atoms with Gasteiger partial charge in [0, 0.05) is 55.9 Å². The van der Waals surface area contributed by atoms with Gasteiger partial charge in [0.05, 0.1) is 29.9 Å². The largest absolute Gasteiger partial charge is 0.387 e. The molecule has 0 atom stereocenters. The third-order valence-electron chi connectivity index (χ3n) is 6.67. The standard InChI is InChI=1S/C25H27N7O4/c1-15(34)9-21-27-10-16(11-28-21)19-3-4-20-23(29-19)24-17(12-26-20)13-30(2)25(36)32(24)18-5-7-31(8-6-18)22(35)14-33/h3-4,10-12,18,33H,5-9,13-14H2,1-2H3. The van der Waals surface area contributed by atoms with Gasteiger partial charge in [-0.3, -0.25) is 19.5 Å². The van der Waals surface area contributed by atoms with Crippen molar-refractivity contribution in [1.29, 1.82) is 0 Å². The molecule has 5 heterocycles. The van der Waals surface area contributed by atoms with Gasteiger partial charge in [-0.05, 0) is 31.9 Å². The fourth-order valence-electron chi connectivity index (χ4n) is 4.85. The molecule has 1 saturated heterocycles. The van der Waals surface area contributed by atoms with E-state index >= 15 is 0 Å². The highest BCUT2D eigenvalue weighted by atomic mass is 16.3. The summed E-state index contributed by atoms with van der Waals surface area (Å²) in [6.45, 7) is 2.35. The van der Waals surface area contributed by atoms with E-state index in [1.165, 1.54) is 6.92 Å². The Bertz CT molecular complexity index is 1340. The number of carbonyl (C=O) groups is 3. The first-order chi connectivity index (χ1) is 17.4. The van der Waals surface area contributed by atoms with Gasteiger partial charge in [-0.25, -0.2) is 19.7 Å². The number of Topliss-reactive ketones (excluding diaryl/α,β-unsaturated/α-hetero) is 1. The lowest BCUT2D eigenvalue weighted by Crippen LogP contribution is -2.54. The summed E-state index contributed by atoms with van der Waals surface area (Å²) in [4.78, 5) is 59.9. The molecular weight excluding hydrogens is 462 g/mol. The van der Waals surface area contributed by atoms with Gasteiger partial charge in [0.25, 0.3) is 0 Å². The molecule has 11 heteroatoms. The Hall–Kier alpha value is -3.99. The van der Waals surface area contributed by atoms with E-state index in [9.17, 15) is 19.5 Å². The smallest absolute Gasteiger partial charge is 0.324 e. The van der Waals surface area contributed by atoms with Crippen LogP contribution >= 0.6 is 0 Å². The Kier molecular flexibility index (Phi) is 6.31. The third kappa shape index (κ3) is 4.37. The van der Waals surface area contributed by atoms with Crippen LogP contribution in [0.25, 0.3) is 22.3 Å². The van der Waals surface area contributed by atoms with E-state index in [1.807, 2.05) is 12.1 Å². The number of nitrogens with zero attached hydrogens (tertiary/aromatic N) is 7. The number of ketones is 1. The monoisotopic (exact) mass is 489 g/mol. The summed E-state index contributed by atoms with van der Waals surface area (Å²) in [5, 5.41) is 9.20. The number of piperidine rings is 1. The number of urea groups is 1. The van der Waals surface area contributed by atoms with Crippen LogP contribution in [0, 0.1) is 0 Å². The SMILES string of the molecule is CC(=O)Cc1ncc(-c2ccc3ncc4c(c3n2)N(C2CCN(C(=O)CO)CC2)C(=O)N(C)C4)cn1. The van der Waals surface area contributed by atoms with E-state index in [1.54, 1.807) is 40.3 Å². The van der Waals surface area contributed by atoms with Crippen molar-refractivity contribution in [1.82, 2.24) is 29.7 Å². The van der Waals surface area contributed by atoms with Gasteiger partial charge in [-0.2, -0.15) is 0 Å². The molecule has 1 N–H and O–H groups in total. The average Bonchev–Trinajstić information content (AvgIpc) is 2.89. The molecule has 0 bridgehead atoms. The molecule has 2 aliphatic heterocycles. The van der Waals surface area contributed by atoms with E-state index in [0.717, 1.165) is 11.3 Å². The van der Waals surface area contributed by atoms with Crippen molar-refractivity contribution >= 4 is 34.4 Å². The number of aromatic nitrogens is 4. The number of rotatable bonds is 5. The summed E-state index contributed by atoms with van der Waals surface area (Å²) in [6.07, 6.45) is 6.45. The minimum absolute atomic E-state index is 0.00873. The number of amides is 3. The van der Waals surface area contributed by atoms with Crippen molar-refractivity contribution in [2.24, 2.45) is 0 Å². The Balaban J connectivity index is 1.54. The quantitative estimate of drug-likeness (QED) is 0.571. The Morgan fingerprint density at radius 2 is 1.81 bits per heavy atom. The maximum atomic E-state index is 13.4. The van der Waals surface area contributed by atoms with Crippen LogP contribution < -0.4 is 4.90 Å². The Morgan fingerprint density at radius 3 is 2.47 bits per heavy atom. The molecule has 11 nitrogen and oxygen atoms in total. The predicted molar refractivity (Wildman–Crippen MR) is 131 cm³/mol. The summed E-state index contributed by atoms with van der Waals surface area (Å²) in [5.74, 6) is 0.149. The van der Waals surface area contributed by atoms with Crippen molar-refractivity contribution in [3.05, 3.63) is 42.1 Å². The number of hydrogen-bond acceptors (Lipinski definition) is 8. The number of pyridine rings is 2. The van der Waals surface area contributed by atoms with E-state index in [0.29, 0.717) is 60.6 Å². The van der Waals surface area contributed by atoms with Crippen molar-refractivity contribution in [2.45, 2.75) is 38.8 Å². The van der Waals surface area contributed by atoms with E-state index < -0.39 is 6.61 Å². The number of likely N-dealkylation sites (tertiary alicyclic amines) is 1. The van der Waals surface area contributed by atoms with Gasteiger partial charge in [0.15, 0.2) is 0 Å². The molecule has 0 saturated carbocycles. The van der Waals surface area contributed by atoms with Crippen LogP contribution in [0.1, 0.15) is 31.2 Å². The van der Waals surface area contributed by atoms with Crippen molar-refractivity contribution in [3.8, 4) is 11.3 Å². The van der Waals surface area contributed by atoms with Crippen LogP contribution in [0.4, 0.5) is 10.5 Å². The minimum Gasteiger partial charge on any atom is -0.387 e. The zero-order valence-corrected chi connectivity index (χ0v) is 20.2. The maximum Gasteiger partial charge on any atom is 0.324 e. The number of fused-ring (bicyclic) bond motifs is 3. The van der Waals surface area contributed by atoms with Gasteiger partial charge >= 0.3 is 6.03 Å². The zero-order chi connectivity index (χ0) is 25.4.